The van der Waals surface area contributed by atoms with Crippen LogP contribution in [0.25, 0.3) is 0 Å². The Kier molecular flexibility index (Phi) is 4.07. The van der Waals surface area contributed by atoms with Gasteiger partial charge in [-0.1, -0.05) is 39.5 Å². The molecular formula is C14H27N. The first-order valence-corrected chi connectivity index (χ1v) is 7.00. The molecule has 88 valence electrons. The largest absolute Gasteiger partial charge is 0.313 e. The summed E-state index contributed by atoms with van der Waals surface area (Å²) >= 11 is 0. The van der Waals surface area contributed by atoms with E-state index in [-0.39, 0.29) is 0 Å². The molecule has 0 amide bonds. The Morgan fingerprint density at radius 2 is 1.53 bits per heavy atom. The van der Waals surface area contributed by atoms with E-state index in [9.17, 15) is 0 Å². The van der Waals surface area contributed by atoms with Crippen molar-refractivity contribution in [3.63, 3.8) is 0 Å². The Balaban J connectivity index is 1.66. The second-order valence-corrected chi connectivity index (χ2v) is 5.95. The molecule has 2 unspecified atom stereocenters. The third-order valence-corrected chi connectivity index (χ3v) is 4.70. The number of hydrogen-bond acceptors (Lipinski definition) is 1. The zero-order valence-electron chi connectivity index (χ0n) is 10.5. The Morgan fingerprint density at radius 3 is 2.07 bits per heavy atom. The molecule has 2 rings (SSSR count). The highest BCUT2D eigenvalue weighted by molar-refractivity contribution is 4.83. The van der Waals surface area contributed by atoms with Crippen LogP contribution in [0.3, 0.4) is 0 Å². The molecule has 15 heavy (non-hydrogen) atoms. The maximum Gasteiger partial charge on any atom is 0.0118 e. The summed E-state index contributed by atoms with van der Waals surface area (Å²) in [4.78, 5) is 0. The summed E-state index contributed by atoms with van der Waals surface area (Å²) < 4.78 is 0. The van der Waals surface area contributed by atoms with E-state index in [0.717, 1.165) is 23.8 Å². The second kappa shape index (κ2) is 5.34. The molecule has 1 N–H and O–H groups in total. The minimum Gasteiger partial charge on any atom is -0.313 e. The molecule has 2 atom stereocenters. The summed E-state index contributed by atoms with van der Waals surface area (Å²) in [6.07, 6.45) is 10.2. The van der Waals surface area contributed by atoms with Crippen molar-refractivity contribution < 1.29 is 0 Å². The van der Waals surface area contributed by atoms with Crippen LogP contribution in [0.2, 0.25) is 0 Å². The van der Waals surface area contributed by atoms with E-state index in [0.29, 0.717) is 0 Å². The summed E-state index contributed by atoms with van der Waals surface area (Å²) in [5, 5.41) is 3.82. The van der Waals surface area contributed by atoms with Crippen LogP contribution in [-0.2, 0) is 0 Å². The molecule has 2 aliphatic rings. The van der Waals surface area contributed by atoms with Crippen molar-refractivity contribution in [2.45, 2.75) is 64.8 Å². The molecule has 0 aromatic rings. The smallest absolute Gasteiger partial charge is 0.0118 e. The van der Waals surface area contributed by atoms with Crippen molar-refractivity contribution in [1.29, 1.82) is 0 Å². The molecule has 0 saturated heterocycles. The monoisotopic (exact) mass is 209 g/mol. The van der Waals surface area contributed by atoms with E-state index in [1.807, 2.05) is 0 Å². The molecule has 0 spiro atoms. The molecule has 2 saturated carbocycles. The zero-order valence-corrected chi connectivity index (χ0v) is 10.5. The fourth-order valence-electron chi connectivity index (χ4n) is 3.32. The SMILES string of the molecule is CC1CCCC(C)C1NCCC1CCC1. The molecule has 0 aromatic heterocycles. The van der Waals surface area contributed by atoms with E-state index in [4.69, 9.17) is 0 Å². The van der Waals surface area contributed by atoms with Crippen molar-refractivity contribution in [3.8, 4) is 0 Å². The maximum absolute atomic E-state index is 3.82. The van der Waals surface area contributed by atoms with Crippen LogP contribution in [0, 0.1) is 17.8 Å². The van der Waals surface area contributed by atoms with Crippen molar-refractivity contribution in [3.05, 3.63) is 0 Å². The van der Waals surface area contributed by atoms with E-state index < -0.39 is 0 Å². The maximum atomic E-state index is 3.82. The normalized spacial score (nSPS) is 37.6. The van der Waals surface area contributed by atoms with E-state index in [1.165, 1.54) is 51.5 Å². The minimum atomic E-state index is 0.804. The lowest BCUT2D eigenvalue weighted by molar-refractivity contribution is 0.198. The lowest BCUT2D eigenvalue weighted by Gasteiger charge is -2.36. The molecule has 0 aliphatic heterocycles. The average Bonchev–Trinajstić information content (AvgIpc) is 2.13. The van der Waals surface area contributed by atoms with Crippen molar-refractivity contribution in [2.75, 3.05) is 6.54 Å². The quantitative estimate of drug-likeness (QED) is 0.746. The van der Waals surface area contributed by atoms with Crippen LogP contribution >= 0.6 is 0 Å². The number of nitrogens with one attached hydrogen (secondary N) is 1. The van der Waals surface area contributed by atoms with Gasteiger partial charge in [-0.25, -0.2) is 0 Å². The molecule has 1 heteroatoms. The van der Waals surface area contributed by atoms with Crippen LogP contribution in [0.4, 0.5) is 0 Å². The van der Waals surface area contributed by atoms with Crippen molar-refractivity contribution >= 4 is 0 Å². The summed E-state index contributed by atoms with van der Waals surface area (Å²) in [5.74, 6) is 2.86. The molecule has 1 nitrogen and oxygen atoms in total. The van der Waals surface area contributed by atoms with Gasteiger partial charge in [-0.3, -0.25) is 0 Å². The lowest BCUT2D eigenvalue weighted by atomic mass is 9.78. The van der Waals surface area contributed by atoms with Crippen LogP contribution in [-0.4, -0.2) is 12.6 Å². The van der Waals surface area contributed by atoms with E-state index in [1.54, 1.807) is 0 Å². The summed E-state index contributed by atoms with van der Waals surface area (Å²) in [7, 11) is 0. The molecule has 2 fully saturated rings. The summed E-state index contributed by atoms with van der Waals surface area (Å²) in [6, 6.07) is 0.804. The van der Waals surface area contributed by atoms with Crippen molar-refractivity contribution in [1.82, 2.24) is 5.32 Å². The molecular weight excluding hydrogens is 182 g/mol. The van der Waals surface area contributed by atoms with Gasteiger partial charge in [-0.05, 0) is 43.6 Å². The van der Waals surface area contributed by atoms with Crippen LogP contribution in [0.15, 0.2) is 0 Å². The van der Waals surface area contributed by atoms with Gasteiger partial charge in [0.2, 0.25) is 0 Å². The van der Waals surface area contributed by atoms with Gasteiger partial charge in [0.15, 0.2) is 0 Å². The average molecular weight is 209 g/mol. The lowest BCUT2D eigenvalue weighted by Crippen LogP contribution is -2.43. The van der Waals surface area contributed by atoms with Crippen molar-refractivity contribution in [2.24, 2.45) is 17.8 Å². The first kappa shape index (κ1) is 11.4. The highest BCUT2D eigenvalue weighted by Gasteiger charge is 2.27. The number of hydrogen-bond donors (Lipinski definition) is 1. The standard InChI is InChI=1S/C14H27N/c1-11-5-3-6-12(2)14(11)15-10-9-13-7-4-8-13/h11-15H,3-10H2,1-2H3. The van der Waals surface area contributed by atoms with Gasteiger partial charge >= 0.3 is 0 Å². The zero-order chi connectivity index (χ0) is 10.7. The Hall–Kier alpha value is -0.0400. The predicted molar refractivity (Wildman–Crippen MR) is 65.9 cm³/mol. The molecule has 0 radical (unpaired) electrons. The third kappa shape index (κ3) is 2.96. The first-order chi connectivity index (χ1) is 7.27. The minimum absolute atomic E-state index is 0.804. The van der Waals surface area contributed by atoms with E-state index >= 15 is 0 Å². The highest BCUT2D eigenvalue weighted by atomic mass is 14.9. The number of rotatable bonds is 4. The van der Waals surface area contributed by atoms with Crippen LogP contribution in [0.1, 0.15) is 58.8 Å². The molecule has 2 aliphatic carbocycles. The topological polar surface area (TPSA) is 12.0 Å². The Morgan fingerprint density at radius 1 is 0.933 bits per heavy atom. The molecule has 0 aromatic carbocycles. The van der Waals surface area contributed by atoms with Gasteiger partial charge in [-0.15, -0.1) is 0 Å². The van der Waals surface area contributed by atoms with Gasteiger partial charge in [0.1, 0.15) is 0 Å². The van der Waals surface area contributed by atoms with Crippen LogP contribution < -0.4 is 5.32 Å². The van der Waals surface area contributed by atoms with Gasteiger partial charge in [0, 0.05) is 6.04 Å². The molecule has 0 heterocycles. The van der Waals surface area contributed by atoms with Gasteiger partial charge in [0.25, 0.3) is 0 Å². The molecule has 0 bridgehead atoms. The fraction of sp³-hybridized carbons (Fsp3) is 1.00. The third-order valence-electron chi connectivity index (χ3n) is 4.70. The Labute approximate surface area is 95.0 Å². The summed E-state index contributed by atoms with van der Waals surface area (Å²) in [5.41, 5.74) is 0. The predicted octanol–water partition coefficient (Wildman–Crippen LogP) is 3.59. The first-order valence-electron chi connectivity index (χ1n) is 7.00. The van der Waals surface area contributed by atoms with Crippen LogP contribution in [0.5, 0.6) is 0 Å². The Bertz CT molecular complexity index is 176. The second-order valence-electron chi connectivity index (χ2n) is 5.95. The fourth-order valence-corrected chi connectivity index (χ4v) is 3.32. The highest BCUT2D eigenvalue weighted by Crippen LogP contribution is 2.31. The van der Waals surface area contributed by atoms with E-state index in [2.05, 4.69) is 19.2 Å². The van der Waals surface area contributed by atoms with Gasteiger partial charge in [0.05, 0.1) is 0 Å². The summed E-state index contributed by atoms with van der Waals surface area (Å²) in [6.45, 7) is 6.12. The van der Waals surface area contributed by atoms with Gasteiger partial charge < -0.3 is 5.32 Å². The van der Waals surface area contributed by atoms with Gasteiger partial charge in [-0.2, -0.15) is 0 Å².